The van der Waals surface area contributed by atoms with E-state index >= 15 is 0 Å². The number of rotatable bonds is 5. The van der Waals surface area contributed by atoms with Crippen LogP contribution in [0.25, 0.3) is 0 Å². The van der Waals surface area contributed by atoms with Crippen LogP contribution in [0.2, 0.25) is 0 Å². The Morgan fingerprint density at radius 2 is 1.79 bits per heavy atom. The third-order valence-electron chi connectivity index (χ3n) is 4.76. The van der Waals surface area contributed by atoms with Crippen molar-refractivity contribution < 1.29 is 22.7 Å². The minimum absolute atomic E-state index is 0.0536. The summed E-state index contributed by atoms with van der Waals surface area (Å²) >= 11 is 0. The number of methoxy groups -OCH3 is 1. The Bertz CT molecular complexity index is 1040. The van der Waals surface area contributed by atoms with E-state index in [1.165, 1.54) is 35.7 Å². The molecule has 3 rings (SSSR count). The van der Waals surface area contributed by atoms with E-state index in [2.05, 4.69) is 0 Å². The molecule has 1 fully saturated rings. The molecule has 1 saturated heterocycles. The number of ether oxygens (including phenoxy) is 2. The van der Waals surface area contributed by atoms with Gasteiger partial charge in [0.15, 0.2) is 0 Å². The summed E-state index contributed by atoms with van der Waals surface area (Å²) in [5.74, 6) is -0.325. The van der Waals surface area contributed by atoms with E-state index in [0.717, 1.165) is 25.7 Å². The van der Waals surface area contributed by atoms with Gasteiger partial charge >= 0.3 is 5.97 Å². The maximum atomic E-state index is 13.2. The molecule has 0 radical (unpaired) electrons. The number of benzene rings is 2. The van der Waals surface area contributed by atoms with Gasteiger partial charge in [0, 0.05) is 13.1 Å². The van der Waals surface area contributed by atoms with Gasteiger partial charge in [-0.05, 0) is 49.2 Å². The van der Waals surface area contributed by atoms with Crippen molar-refractivity contribution in [2.24, 2.45) is 0 Å². The highest BCUT2D eigenvalue weighted by Crippen LogP contribution is 2.30. The van der Waals surface area contributed by atoms with E-state index in [1.54, 1.807) is 18.2 Å². The normalized spacial score (nSPS) is 15.2. The average molecular weight is 414 g/mol. The lowest BCUT2D eigenvalue weighted by Gasteiger charge is -2.21. The van der Waals surface area contributed by atoms with Crippen molar-refractivity contribution in [3.63, 3.8) is 0 Å². The van der Waals surface area contributed by atoms with Gasteiger partial charge in [0.25, 0.3) is 0 Å². The van der Waals surface area contributed by atoms with Crippen molar-refractivity contribution in [3.8, 4) is 17.6 Å². The molecular weight excluding hydrogens is 392 g/mol. The number of nitriles is 1. The molecular formula is C21H22N2O5S. The van der Waals surface area contributed by atoms with Crippen LogP contribution in [-0.2, 0) is 10.0 Å². The quantitative estimate of drug-likeness (QED) is 0.550. The summed E-state index contributed by atoms with van der Waals surface area (Å²) in [5.41, 5.74) is 0.441. The highest BCUT2D eigenvalue weighted by molar-refractivity contribution is 7.89. The number of carbonyl (C=O) groups is 1. The van der Waals surface area contributed by atoms with Crippen molar-refractivity contribution in [2.75, 3.05) is 20.2 Å². The molecule has 0 spiro atoms. The highest BCUT2D eigenvalue weighted by atomic mass is 32.2. The summed E-state index contributed by atoms with van der Waals surface area (Å²) < 4.78 is 38.4. The minimum Gasteiger partial charge on any atom is -0.495 e. The molecule has 0 aliphatic carbocycles. The molecule has 29 heavy (non-hydrogen) atoms. The van der Waals surface area contributed by atoms with Crippen LogP contribution in [0.5, 0.6) is 11.5 Å². The van der Waals surface area contributed by atoms with Crippen LogP contribution in [0.1, 0.15) is 41.6 Å². The first-order valence-electron chi connectivity index (χ1n) is 9.36. The third kappa shape index (κ3) is 4.75. The van der Waals surface area contributed by atoms with E-state index in [-0.39, 0.29) is 22.0 Å². The first kappa shape index (κ1) is 20.8. The van der Waals surface area contributed by atoms with Crippen molar-refractivity contribution in [1.29, 1.82) is 5.26 Å². The zero-order valence-electron chi connectivity index (χ0n) is 16.1. The average Bonchev–Trinajstić information content (AvgIpc) is 3.03. The van der Waals surface area contributed by atoms with Gasteiger partial charge in [0.2, 0.25) is 10.0 Å². The van der Waals surface area contributed by atoms with E-state index in [4.69, 9.17) is 14.7 Å². The molecule has 0 amide bonds. The van der Waals surface area contributed by atoms with Crippen LogP contribution < -0.4 is 9.47 Å². The molecule has 1 aliphatic rings. The Hall–Kier alpha value is -2.89. The second-order valence-electron chi connectivity index (χ2n) is 6.71. The molecule has 152 valence electrons. The van der Waals surface area contributed by atoms with Gasteiger partial charge in [0.05, 0.1) is 24.3 Å². The molecule has 0 aromatic heterocycles. The maximum absolute atomic E-state index is 13.2. The van der Waals surface area contributed by atoms with E-state index in [0.29, 0.717) is 18.7 Å². The van der Waals surface area contributed by atoms with Crippen LogP contribution in [0, 0.1) is 11.3 Å². The smallest absolute Gasteiger partial charge is 0.343 e. The Kier molecular flexibility index (Phi) is 6.52. The van der Waals surface area contributed by atoms with Crippen LogP contribution in [0.3, 0.4) is 0 Å². The standard InChI is InChI=1S/C21H22N2O5S/c1-27-19-10-9-17(21(24)28-18-8-6-7-16(13-18)15-22)14-20(19)29(25,26)23-11-4-2-3-5-12-23/h6-10,13-14H,2-5,11-12H2,1H3. The highest BCUT2D eigenvalue weighted by Gasteiger charge is 2.29. The van der Waals surface area contributed by atoms with Gasteiger partial charge in [-0.2, -0.15) is 9.57 Å². The lowest BCUT2D eigenvalue weighted by molar-refractivity contribution is 0.0734. The van der Waals surface area contributed by atoms with E-state index in [1.807, 2.05) is 6.07 Å². The molecule has 0 saturated carbocycles. The topological polar surface area (TPSA) is 96.7 Å². The van der Waals surface area contributed by atoms with Gasteiger partial charge in [0.1, 0.15) is 16.4 Å². The van der Waals surface area contributed by atoms with Gasteiger partial charge in [-0.15, -0.1) is 0 Å². The molecule has 2 aromatic rings. The fraction of sp³-hybridized carbons (Fsp3) is 0.333. The predicted molar refractivity (Wildman–Crippen MR) is 106 cm³/mol. The van der Waals surface area contributed by atoms with Gasteiger partial charge in [-0.3, -0.25) is 0 Å². The molecule has 8 heteroatoms. The number of carbonyl (C=O) groups excluding carboxylic acids is 1. The molecule has 0 unspecified atom stereocenters. The van der Waals surface area contributed by atoms with Gasteiger partial charge < -0.3 is 9.47 Å². The van der Waals surface area contributed by atoms with Crippen molar-refractivity contribution >= 4 is 16.0 Å². The molecule has 2 aromatic carbocycles. The lowest BCUT2D eigenvalue weighted by Crippen LogP contribution is -2.32. The van der Waals surface area contributed by atoms with Crippen LogP contribution >= 0.6 is 0 Å². The number of sulfonamides is 1. The van der Waals surface area contributed by atoms with Gasteiger partial charge in [-0.25, -0.2) is 13.2 Å². The maximum Gasteiger partial charge on any atom is 0.343 e. The Balaban J connectivity index is 1.91. The number of esters is 1. The molecule has 7 nitrogen and oxygen atoms in total. The lowest BCUT2D eigenvalue weighted by atomic mass is 10.2. The first-order chi connectivity index (χ1) is 14.0. The molecule has 1 aliphatic heterocycles. The van der Waals surface area contributed by atoms with E-state index in [9.17, 15) is 13.2 Å². The second kappa shape index (κ2) is 9.07. The molecule has 0 bridgehead atoms. The van der Waals surface area contributed by atoms with Crippen LogP contribution in [0.4, 0.5) is 0 Å². The molecule has 0 atom stereocenters. The van der Waals surface area contributed by atoms with Crippen LogP contribution in [0.15, 0.2) is 47.4 Å². The van der Waals surface area contributed by atoms with Crippen molar-refractivity contribution in [1.82, 2.24) is 4.31 Å². The zero-order valence-corrected chi connectivity index (χ0v) is 16.9. The fourth-order valence-corrected chi connectivity index (χ4v) is 4.92. The largest absolute Gasteiger partial charge is 0.495 e. The van der Waals surface area contributed by atoms with Crippen molar-refractivity contribution in [2.45, 2.75) is 30.6 Å². The Morgan fingerprint density at radius 3 is 2.45 bits per heavy atom. The summed E-state index contributed by atoms with van der Waals surface area (Å²) in [4.78, 5) is 12.5. The second-order valence-corrected chi connectivity index (χ2v) is 8.62. The van der Waals surface area contributed by atoms with Crippen molar-refractivity contribution in [3.05, 3.63) is 53.6 Å². The van der Waals surface area contributed by atoms with E-state index < -0.39 is 16.0 Å². The number of hydrogen-bond acceptors (Lipinski definition) is 6. The third-order valence-corrected chi connectivity index (χ3v) is 6.68. The summed E-state index contributed by atoms with van der Waals surface area (Å²) in [7, 11) is -2.42. The Labute approximate surface area is 170 Å². The Morgan fingerprint density at radius 1 is 1.07 bits per heavy atom. The predicted octanol–water partition coefficient (Wildman–Crippen LogP) is 3.35. The SMILES string of the molecule is COc1ccc(C(=O)Oc2cccc(C#N)c2)cc1S(=O)(=O)N1CCCCCC1. The zero-order chi connectivity index (χ0) is 20.9. The number of nitrogens with zero attached hydrogens (tertiary/aromatic N) is 2. The summed E-state index contributed by atoms with van der Waals surface area (Å²) in [6, 6.07) is 12.4. The first-order valence-corrected chi connectivity index (χ1v) is 10.8. The minimum atomic E-state index is -3.81. The van der Waals surface area contributed by atoms with Gasteiger partial charge in [-0.1, -0.05) is 18.9 Å². The summed E-state index contributed by atoms with van der Waals surface area (Å²) in [6.45, 7) is 0.891. The van der Waals surface area contributed by atoms with Crippen LogP contribution in [-0.4, -0.2) is 38.9 Å². The molecule has 0 N–H and O–H groups in total. The summed E-state index contributed by atoms with van der Waals surface area (Å²) in [5, 5.41) is 8.96. The summed E-state index contributed by atoms with van der Waals surface area (Å²) in [6.07, 6.45) is 3.60. The number of hydrogen-bond donors (Lipinski definition) is 0. The monoisotopic (exact) mass is 414 g/mol. The molecule has 1 heterocycles. The fourth-order valence-electron chi connectivity index (χ4n) is 3.22.